The number of para-hydroxylation sites is 2. The third-order valence-corrected chi connectivity index (χ3v) is 5.37. The molecule has 174 valence electrons. The summed E-state index contributed by atoms with van der Waals surface area (Å²) in [5.41, 5.74) is 11.1. The van der Waals surface area contributed by atoms with Gasteiger partial charge in [0.05, 0.1) is 36.1 Å². The number of hydrogen-bond donors (Lipinski definition) is 3. The molecular formula is C25H22N8O2. The van der Waals surface area contributed by atoms with E-state index in [1.165, 1.54) is 0 Å². The number of nitrogen functional groups attached to an aromatic ring is 1. The lowest BCUT2D eigenvalue weighted by Gasteiger charge is -2.09. The first kappa shape index (κ1) is 21.8. The van der Waals surface area contributed by atoms with Crippen molar-refractivity contribution in [2.24, 2.45) is 0 Å². The number of ether oxygens (including phenoxy) is 1. The van der Waals surface area contributed by atoms with E-state index in [1.807, 2.05) is 25.1 Å². The lowest BCUT2D eigenvalue weighted by molar-refractivity contribution is 0.102. The predicted octanol–water partition coefficient (Wildman–Crippen LogP) is 4.08. The van der Waals surface area contributed by atoms with E-state index in [0.717, 1.165) is 17.1 Å². The minimum atomic E-state index is -0.250. The molecule has 0 aliphatic heterocycles. The van der Waals surface area contributed by atoms with Crippen LogP contribution in [-0.4, -0.2) is 37.6 Å². The van der Waals surface area contributed by atoms with Crippen LogP contribution in [0.2, 0.25) is 0 Å². The predicted molar refractivity (Wildman–Crippen MR) is 134 cm³/mol. The van der Waals surface area contributed by atoms with Crippen molar-refractivity contribution < 1.29 is 9.53 Å². The normalized spacial score (nSPS) is 10.8. The van der Waals surface area contributed by atoms with Gasteiger partial charge < -0.3 is 21.1 Å². The van der Waals surface area contributed by atoms with Gasteiger partial charge >= 0.3 is 0 Å². The van der Waals surface area contributed by atoms with Crippen molar-refractivity contribution in [1.82, 2.24) is 24.6 Å². The summed E-state index contributed by atoms with van der Waals surface area (Å²) in [4.78, 5) is 26.1. The second-order valence-corrected chi connectivity index (χ2v) is 7.72. The fourth-order valence-electron chi connectivity index (χ4n) is 3.63. The molecule has 0 aliphatic rings. The minimum Gasteiger partial charge on any atom is -0.495 e. The van der Waals surface area contributed by atoms with Gasteiger partial charge in [0.1, 0.15) is 11.4 Å². The molecule has 5 rings (SSSR count). The maximum atomic E-state index is 12.6. The Morgan fingerprint density at radius 3 is 2.63 bits per heavy atom. The Bertz CT molecular complexity index is 1530. The van der Waals surface area contributed by atoms with Crippen LogP contribution in [0.3, 0.4) is 0 Å². The van der Waals surface area contributed by atoms with Crippen LogP contribution in [-0.2, 0) is 0 Å². The highest BCUT2D eigenvalue weighted by Crippen LogP contribution is 2.25. The number of anilines is 4. The summed E-state index contributed by atoms with van der Waals surface area (Å²) in [5.74, 6) is 0.781. The monoisotopic (exact) mass is 466 g/mol. The number of aromatic nitrogens is 5. The Balaban J connectivity index is 1.35. The van der Waals surface area contributed by atoms with E-state index in [1.54, 1.807) is 66.5 Å². The number of rotatable bonds is 6. The Hall–Kier alpha value is -4.99. The SMILES string of the molecule is COc1cnn2c(-c3ccnc(Nc4ccc(C(=O)Nc5ccccc5N)cc4)n3)c(C)nc2c1. The van der Waals surface area contributed by atoms with Crippen LogP contribution in [0.4, 0.5) is 23.0 Å². The van der Waals surface area contributed by atoms with Gasteiger partial charge in [-0.2, -0.15) is 5.10 Å². The number of carbonyl (C=O) groups is 1. The lowest BCUT2D eigenvalue weighted by Crippen LogP contribution is -2.13. The van der Waals surface area contributed by atoms with Crippen molar-refractivity contribution in [2.75, 3.05) is 23.5 Å². The topological polar surface area (TPSA) is 132 Å². The van der Waals surface area contributed by atoms with E-state index in [2.05, 4.69) is 30.7 Å². The van der Waals surface area contributed by atoms with Crippen LogP contribution >= 0.6 is 0 Å². The maximum Gasteiger partial charge on any atom is 0.255 e. The molecule has 0 spiro atoms. The third kappa shape index (κ3) is 4.44. The van der Waals surface area contributed by atoms with Gasteiger partial charge in [-0.05, 0) is 49.4 Å². The van der Waals surface area contributed by atoms with Gasteiger partial charge in [-0.15, -0.1) is 0 Å². The van der Waals surface area contributed by atoms with E-state index in [-0.39, 0.29) is 5.91 Å². The second-order valence-electron chi connectivity index (χ2n) is 7.72. The quantitative estimate of drug-likeness (QED) is 0.319. The molecule has 5 aromatic rings. The van der Waals surface area contributed by atoms with E-state index >= 15 is 0 Å². The molecule has 0 atom stereocenters. The van der Waals surface area contributed by atoms with Crippen molar-refractivity contribution >= 4 is 34.6 Å². The van der Waals surface area contributed by atoms with E-state index in [0.29, 0.717) is 40.0 Å². The van der Waals surface area contributed by atoms with Crippen molar-refractivity contribution in [3.8, 4) is 17.1 Å². The summed E-state index contributed by atoms with van der Waals surface area (Å²) in [6.45, 7) is 1.90. The molecule has 0 fully saturated rings. The molecule has 0 radical (unpaired) electrons. The summed E-state index contributed by atoms with van der Waals surface area (Å²) >= 11 is 0. The molecule has 3 aromatic heterocycles. The first-order chi connectivity index (χ1) is 17.0. The van der Waals surface area contributed by atoms with Crippen LogP contribution in [0, 0.1) is 6.92 Å². The molecule has 2 aromatic carbocycles. The van der Waals surface area contributed by atoms with Gasteiger partial charge in [0, 0.05) is 23.5 Å². The number of methoxy groups -OCH3 is 1. The molecule has 1 amide bonds. The standard InChI is InChI=1S/C25H22N8O2/c1-15-23(33-22(29-15)13-18(35-2)14-28-33)21-11-12-27-25(32-21)30-17-9-7-16(8-10-17)24(34)31-20-6-4-3-5-19(20)26/h3-14H,26H2,1-2H3,(H,31,34)(H,27,30,32). The molecule has 4 N–H and O–H groups in total. The van der Waals surface area contributed by atoms with Crippen LogP contribution in [0.15, 0.2) is 73.1 Å². The summed E-state index contributed by atoms with van der Waals surface area (Å²) < 4.78 is 6.96. The molecule has 3 heterocycles. The zero-order valence-electron chi connectivity index (χ0n) is 19.1. The summed E-state index contributed by atoms with van der Waals surface area (Å²) in [5, 5.41) is 10.4. The number of benzene rings is 2. The molecule has 0 bridgehead atoms. The summed E-state index contributed by atoms with van der Waals surface area (Å²) in [6, 6.07) is 17.7. The molecule has 0 saturated heterocycles. The number of hydrogen-bond acceptors (Lipinski definition) is 8. The van der Waals surface area contributed by atoms with Crippen LogP contribution < -0.4 is 21.1 Å². The van der Waals surface area contributed by atoms with E-state index < -0.39 is 0 Å². The number of amides is 1. The highest BCUT2D eigenvalue weighted by molar-refractivity contribution is 6.05. The molecule has 10 heteroatoms. The highest BCUT2D eigenvalue weighted by Gasteiger charge is 2.15. The zero-order chi connectivity index (χ0) is 24.4. The molecule has 35 heavy (non-hydrogen) atoms. The Morgan fingerprint density at radius 1 is 1.06 bits per heavy atom. The molecular weight excluding hydrogens is 444 g/mol. The van der Waals surface area contributed by atoms with Gasteiger partial charge in [-0.25, -0.2) is 19.5 Å². The number of nitrogens with zero attached hydrogens (tertiary/aromatic N) is 5. The van der Waals surface area contributed by atoms with Crippen molar-refractivity contribution in [3.63, 3.8) is 0 Å². The van der Waals surface area contributed by atoms with E-state index in [9.17, 15) is 4.79 Å². The maximum absolute atomic E-state index is 12.6. The number of nitrogens with two attached hydrogens (primary N) is 1. The minimum absolute atomic E-state index is 0.250. The largest absolute Gasteiger partial charge is 0.495 e. The molecule has 10 nitrogen and oxygen atoms in total. The van der Waals surface area contributed by atoms with Crippen LogP contribution in [0.1, 0.15) is 16.1 Å². The van der Waals surface area contributed by atoms with Gasteiger partial charge in [-0.3, -0.25) is 4.79 Å². The summed E-state index contributed by atoms with van der Waals surface area (Å²) in [6.07, 6.45) is 3.29. The van der Waals surface area contributed by atoms with Crippen molar-refractivity contribution in [1.29, 1.82) is 0 Å². The lowest BCUT2D eigenvalue weighted by atomic mass is 10.2. The van der Waals surface area contributed by atoms with Gasteiger partial charge in [0.25, 0.3) is 5.91 Å². The average Bonchev–Trinajstić information content (AvgIpc) is 3.20. The Labute approximate surface area is 200 Å². The molecule has 0 aliphatic carbocycles. The number of aryl methyl sites for hydroxylation is 1. The smallest absolute Gasteiger partial charge is 0.255 e. The Morgan fingerprint density at radius 2 is 1.86 bits per heavy atom. The second kappa shape index (κ2) is 9.10. The van der Waals surface area contributed by atoms with E-state index in [4.69, 9.17) is 10.5 Å². The first-order valence-corrected chi connectivity index (χ1v) is 10.8. The number of fused-ring (bicyclic) bond motifs is 1. The Kier molecular flexibility index (Phi) is 5.68. The number of carbonyl (C=O) groups excluding carboxylic acids is 1. The molecule has 0 saturated carbocycles. The number of imidazole rings is 1. The third-order valence-electron chi connectivity index (χ3n) is 5.37. The first-order valence-electron chi connectivity index (χ1n) is 10.8. The zero-order valence-corrected chi connectivity index (χ0v) is 19.1. The van der Waals surface area contributed by atoms with Gasteiger partial charge in [0.15, 0.2) is 5.65 Å². The van der Waals surface area contributed by atoms with Crippen LogP contribution in [0.5, 0.6) is 5.75 Å². The fraction of sp³-hybridized carbons (Fsp3) is 0.0800. The molecule has 0 unspecified atom stereocenters. The average molecular weight is 467 g/mol. The summed E-state index contributed by atoms with van der Waals surface area (Å²) in [7, 11) is 1.59. The number of nitrogens with one attached hydrogen (secondary N) is 2. The van der Waals surface area contributed by atoms with Gasteiger partial charge in [0.2, 0.25) is 5.95 Å². The van der Waals surface area contributed by atoms with Gasteiger partial charge in [-0.1, -0.05) is 12.1 Å². The van der Waals surface area contributed by atoms with Crippen LogP contribution in [0.25, 0.3) is 17.0 Å². The van der Waals surface area contributed by atoms with Crippen molar-refractivity contribution in [3.05, 3.63) is 84.3 Å². The fourth-order valence-corrected chi connectivity index (χ4v) is 3.63. The van der Waals surface area contributed by atoms with Crippen molar-refractivity contribution in [2.45, 2.75) is 6.92 Å². The highest BCUT2D eigenvalue weighted by atomic mass is 16.5.